The van der Waals surface area contributed by atoms with Gasteiger partial charge >= 0.3 is 5.97 Å². The minimum atomic E-state index is -1.08. The van der Waals surface area contributed by atoms with Gasteiger partial charge < -0.3 is 9.94 Å². The number of nitrogens with one attached hydrogen (secondary N) is 1. The molecule has 1 aromatic rings. The van der Waals surface area contributed by atoms with E-state index < -0.39 is 5.97 Å². The molecule has 1 heterocycles. The summed E-state index contributed by atoms with van der Waals surface area (Å²) in [4.78, 5) is 15.3. The van der Waals surface area contributed by atoms with Crippen molar-refractivity contribution in [2.45, 2.75) is 0 Å². The molecule has 0 bridgehead atoms. The minimum Gasteiger partial charge on any atom is -0.475 e. The number of anilines is 1. The van der Waals surface area contributed by atoms with Crippen LogP contribution in [0.25, 0.3) is 6.08 Å². The second-order valence-corrected chi connectivity index (χ2v) is 2.61. The van der Waals surface area contributed by atoms with E-state index in [1.165, 1.54) is 6.08 Å². The SMILES string of the molecule is O=C(O)C1=Cc2ccccc2NO1. The molecule has 0 saturated heterocycles. The molecule has 0 atom stereocenters. The van der Waals surface area contributed by atoms with Gasteiger partial charge in [-0.1, -0.05) is 18.2 Å². The maximum atomic E-state index is 10.5. The van der Waals surface area contributed by atoms with Gasteiger partial charge in [0, 0.05) is 11.6 Å². The summed E-state index contributed by atoms with van der Waals surface area (Å²) in [7, 11) is 0. The second kappa shape index (κ2) is 2.82. The fraction of sp³-hybridized carbons (Fsp3) is 0. The number of aliphatic carboxylic acids is 1. The molecule has 0 saturated carbocycles. The van der Waals surface area contributed by atoms with Crippen molar-refractivity contribution in [1.82, 2.24) is 0 Å². The standard InChI is InChI=1S/C9H7NO3/c11-9(12)8-5-6-3-1-2-4-7(6)10-13-8/h1-5,10H,(H,11,12). The number of hydrogen-bond acceptors (Lipinski definition) is 3. The smallest absolute Gasteiger partial charge is 0.374 e. The Bertz CT molecular complexity index is 384. The van der Waals surface area contributed by atoms with Crippen molar-refractivity contribution in [3.63, 3.8) is 0 Å². The van der Waals surface area contributed by atoms with Gasteiger partial charge in [0.25, 0.3) is 0 Å². The van der Waals surface area contributed by atoms with E-state index in [4.69, 9.17) is 9.94 Å². The van der Waals surface area contributed by atoms with Crippen LogP contribution in [0.2, 0.25) is 0 Å². The zero-order valence-corrected chi connectivity index (χ0v) is 6.65. The van der Waals surface area contributed by atoms with E-state index in [1.807, 2.05) is 24.3 Å². The van der Waals surface area contributed by atoms with Crippen molar-refractivity contribution in [3.05, 3.63) is 35.6 Å². The highest BCUT2D eigenvalue weighted by molar-refractivity contribution is 5.92. The zero-order chi connectivity index (χ0) is 9.26. The molecule has 1 aromatic carbocycles. The van der Waals surface area contributed by atoms with Crippen LogP contribution in [0.5, 0.6) is 0 Å². The Morgan fingerprint density at radius 3 is 2.92 bits per heavy atom. The topological polar surface area (TPSA) is 58.6 Å². The van der Waals surface area contributed by atoms with E-state index in [0.717, 1.165) is 11.3 Å². The van der Waals surface area contributed by atoms with Crippen LogP contribution in [0.1, 0.15) is 5.56 Å². The van der Waals surface area contributed by atoms with Crippen LogP contribution in [0.3, 0.4) is 0 Å². The van der Waals surface area contributed by atoms with Gasteiger partial charge in [-0.15, -0.1) is 0 Å². The first-order valence-electron chi connectivity index (χ1n) is 3.74. The summed E-state index contributed by atoms with van der Waals surface area (Å²) in [5.74, 6) is -1.18. The van der Waals surface area contributed by atoms with E-state index in [-0.39, 0.29) is 5.76 Å². The third-order valence-corrected chi connectivity index (χ3v) is 1.73. The summed E-state index contributed by atoms with van der Waals surface area (Å²) in [5.41, 5.74) is 4.13. The highest BCUT2D eigenvalue weighted by atomic mass is 16.7. The molecule has 0 radical (unpaired) electrons. The minimum absolute atomic E-state index is 0.0984. The maximum absolute atomic E-state index is 10.5. The third kappa shape index (κ3) is 1.33. The summed E-state index contributed by atoms with van der Waals surface area (Å²) >= 11 is 0. The molecule has 0 unspecified atom stereocenters. The third-order valence-electron chi connectivity index (χ3n) is 1.73. The molecule has 2 rings (SSSR count). The van der Waals surface area contributed by atoms with Gasteiger partial charge in [-0.25, -0.2) is 10.3 Å². The molecular weight excluding hydrogens is 170 g/mol. The fourth-order valence-electron chi connectivity index (χ4n) is 1.10. The van der Waals surface area contributed by atoms with Crippen LogP contribution in [0, 0.1) is 0 Å². The Morgan fingerprint density at radius 1 is 1.38 bits per heavy atom. The van der Waals surface area contributed by atoms with Gasteiger partial charge in [-0.3, -0.25) is 0 Å². The molecule has 2 N–H and O–H groups in total. The Hall–Kier alpha value is -1.97. The molecule has 0 amide bonds. The number of para-hydroxylation sites is 1. The molecule has 0 aliphatic carbocycles. The van der Waals surface area contributed by atoms with Crippen molar-refractivity contribution in [2.75, 3.05) is 5.48 Å². The summed E-state index contributed by atoms with van der Waals surface area (Å²) in [6.07, 6.45) is 1.48. The van der Waals surface area contributed by atoms with Crippen LogP contribution < -0.4 is 5.48 Å². The van der Waals surface area contributed by atoms with Crippen LogP contribution in [-0.4, -0.2) is 11.1 Å². The Kier molecular flexibility index (Phi) is 1.66. The van der Waals surface area contributed by atoms with E-state index in [2.05, 4.69) is 5.48 Å². The van der Waals surface area contributed by atoms with E-state index in [9.17, 15) is 4.79 Å². The predicted molar refractivity (Wildman–Crippen MR) is 46.8 cm³/mol. The van der Waals surface area contributed by atoms with Gasteiger partial charge in [-0.05, 0) is 6.07 Å². The van der Waals surface area contributed by atoms with Gasteiger partial charge in [0.1, 0.15) is 0 Å². The Labute approximate surface area is 74.4 Å². The number of fused-ring (bicyclic) bond motifs is 1. The summed E-state index contributed by atoms with van der Waals surface area (Å²) < 4.78 is 0. The van der Waals surface area contributed by atoms with Crippen molar-refractivity contribution >= 4 is 17.7 Å². The fourth-order valence-corrected chi connectivity index (χ4v) is 1.10. The average Bonchev–Trinajstić information content (AvgIpc) is 2.17. The van der Waals surface area contributed by atoms with Crippen LogP contribution in [0.4, 0.5) is 5.69 Å². The molecular formula is C9H7NO3. The van der Waals surface area contributed by atoms with Crippen molar-refractivity contribution < 1.29 is 14.7 Å². The highest BCUT2D eigenvalue weighted by Gasteiger charge is 2.15. The van der Waals surface area contributed by atoms with Crippen LogP contribution in [-0.2, 0) is 9.63 Å². The van der Waals surface area contributed by atoms with Crippen molar-refractivity contribution in [1.29, 1.82) is 0 Å². The predicted octanol–water partition coefficient (Wildman–Crippen LogP) is 1.47. The van der Waals surface area contributed by atoms with E-state index in [1.54, 1.807) is 0 Å². The monoisotopic (exact) mass is 177 g/mol. The van der Waals surface area contributed by atoms with Gasteiger partial charge in [0.15, 0.2) is 0 Å². The number of rotatable bonds is 1. The Morgan fingerprint density at radius 2 is 2.15 bits per heavy atom. The van der Waals surface area contributed by atoms with Crippen LogP contribution >= 0.6 is 0 Å². The maximum Gasteiger partial charge on any atom is 0.374 e. The first-order chi connectivity index (χ1) is 6.27. The van der Waals surface area contributed by atoms with Crippen LogP contribution in [0.15, 0.2) is 30.0 Å². The molecule has 0 spiro atoms. The normalized spacial score (nSPS) is 13.4. The summed E-state index contributed by atoms with van der Waals surface area (Å²) in [6.45, 7) is 0. The summed E-state index contributed by atoms with van der Waals surface area (Å²) in [6, 6.07) is 7.30. The molecule has 4 nitrogen and oxygen atoms in total. The molecule has 4 heteroatoms. The van der Waals surface area contributed by atoms with Gasteiger partial charge in [0.2, 0.25) is 5.76 Å². The molecule has 1 aliphatic heterocycles. The number of benzene rings is 1. The molecule has 66 valence electrons. The van der Waals surface area contributed by atoms with Crippen molar-refractivity contribution in [2.24, 2.45) is 0 Å². The average molecular weight is 177 g/mol. The van der Waals surface area contributed by atoms with Gasteiger partial charge in [0.05, 0.1) is 5.69 Å². The first-order valence-corrected chi connectivity index (χ1v) is 3.74. The lowest BCUT2D eigenvalue weighted by Crippen LogP contribution is -2.13. The largest absolute Gasteiger partial charge is 0.475 e. The highest BCUT2D eigenvalue weighted by Crippen LogP contribution is 2.23. The molecule has 1 aliphatic rings. The number of carbonyl (C=O) groups is 1. The lowest BCUT2D eigenvalue weighted by atomic mass is 10.1. The lowest BCUT2D eigenvalue weighted by Gasteiger charge is -2.15. The molecule has 0 fully saturated rings. The summed E-state index contributed by atoms with van der Waals surface area (Å²) in [5, 5.41) is 8.63. The Balaban J connectivity index is 2.44. The quantitative estimate of drug-likeness (QED) is 0.681. The second-order valence-electron chi connectivity index (χ2n) is 2.61. The molecule has 0 aromatic heterocycles. The number of carboxylic acid groups (broad SMARTS) is 1. The van der Waals surface area contributed by atoms with Gasteiger partial charge in [-0.2, -0.15) is 0 Å². The number of hydrogen-bond donors (Lipinski definition) is 2. The molecule has 13 heavy (non-hydrogen) atoms. The number of carboxylic acids is 1. The first kappa shape index (κ1) is 7.67. The lowest BCUT2D eigenvalue weighted by molar-refractivity contribution is -0.135. The zero-order valence-electron chi connectivity index (χ0n) is 6.65. The van der Waals surface area contributed by atoms with E-state index >= 15 is 0 Å². The van der Waals surface area contributed by atoms with E-state index in [0.29, 0.717) is 0 Å². The van der Waals surface area contributed by atoms with Crippen molar-refractivity contribution in [3.8, 4) is 0 Å².